The van der Waals surface area contributed by atoms with Crippen molar-refractivity contribution < 1.29 is 23.9 Å². The van der Waals surface area contributed by atoms with Crippen molar-refractivity contribution in [2.75, 3.05) is 13.1 Å². The minimum Gasteiger partial charge on any atom is -0.480 e. The number of nitrogens with zero attached hydrogens (tertiary/aromatic N) is 2. The molecule has 144 valence electrons. The van der Waals surface area contributed by atoms with Crippen LogP contribution in [0, 0.1) is 5.95 Å². The number of aromatic nitrogens is 2. The molecule has 1 atom stereocenters. The third kappa shape index (κ3) is 8.36. The van der Waals surface area contributed by atoms with Gasteiger partial charge in [-0.25, -0.2) is 9.59 Å². The first kappa shape index (κ1) is 21.3. The summed E-state index contributed by atoms with van der Waals surface area (Å²) in [6.45, 7) is 2.67. The maximum Gasteiger partial charge on any atom is 0.326 e. The molecule has 0 aromatic carbocycles. The molecule has 0 fully saturated rings. The maximum absolute atomic E-state index is 12.6. The first-order valence-corrected chi connectivity index (χ1v) is 8.48. The SMILES string of the molecule is CCC[C@H](NC(=O)NCCCCCNC(=O)c1ccc([18F])nn1)C(=O)O. The number of aliphatic carboxylic acids is 1. The zero-order valence-corrected chi connectivity index (χ0v) is 14.6. The van der Waals surface area contributed by atoms with Crippen LogP contribution in [0.25, 0.3) is 0 Å². The number of hydrogen-bond donors (Lipinski definition) is 4. The fourth-order valence-electron chi connectivity index (χ4n) is 2.11. The molecule has 0 radical (unpaired) electrons. The number of carboxylic acid groups (broad SMARTS) is 1. The summed E-state index contributed by atoms with van der Waals surface area (Å²) in [7, 11) is 0. The van der Waals surface area contributed by atoms with Crippen molar-refractivity contribution in [3.8, 4) is 0 Å². The van der Waals surface area contributed by atoms with Crippen LogP contribution >= 0.6 is 0 Å². The van der Waals surface area contributed by atoms with E-state index in [1.165, 1.54) is 6.07 Å². The van der Waals surface area contributed by atoms with E-state index in [0.29, 0.717) is 38.8 Å². The number of hydrogen-bond acceptors (Lipinski definition) is 5. The topological polar surface area (TPSA) is 133 Å². The fraction of sp³-hybridized carbons (Fsp3) is 0.562. The lowest BCUT2D eigenvalue weighted by Crippen LogP contribution is -2.46. The second-order valence-corrected chi connectivity index (χ2v) is 5.64. The Morgan fingerprint density at radius 1 is 1.12 bits per heavy atom. The van der Waals surface area contributed by atoms with E-state index in [1.54, 1.807) is 0 Å². The van der Waals surface area contributed by atoms with Gasteiger partial charge in [-0.05, 0) is 37.8 Å². The minimum atomic E-state index is -1.05. The van der Waals surface area contributed by atoms with Gasteiger partial charge in [0.1, 0.15) is 6.04 Å². The quantitative estimate of drug-likeness (QED) is 0.432. The van der Waals surface area contributed by atoms with Gasteiger partial charge in [-0.15, -0.1) is 10.2 Å². The molecule has 0 spiro atoms. The van der Waals surface area contributed by atoms with Crippen molar-refractivity contribution in [1.82, 2.24) is 26.1 Å². The summed E-state index contributed by atoms with van der Waals surface area (Å²) in [6.07, 6.45) is 3.17. The molecule has 1 aromatic heterocycles. The number of nitrogens with one attached hydrogen (secondary N) is 3. The van der Waals surface area contributed by atoms with Crippen molar-refractivity contribution in [1.29, 1.82) is 0 Å². The van der Waals surface area contributed by atoms with Gasteiger partial charge in [0, 0.05) is 13.1 Å². The van der Waals surface area contributed by atoms with Crippen molar-refractivity contribution >= 4 is 17.9 Å². The number of rotatable bonds is 11. The molecule has 1 rings (SSSR count). The van der Waals surface area contributed by atoms with Crippen molar-refractivity contribution in [2.24, 2.45) is 0 Å². The van der Waals surface area contributed by atoms with Gasteiger partial charge < -0.3 is 21.1 Å². The highest BCUT2D eigenvalue weighted by molar-refractivity contribution is 5.91. The lowest BCUT2D eigenvalue weighted by atomic mass is 10.2. The van der Waals surface area contributed by atoms with Crippen LogP contribution in [-0.2, 0) is 4.79 Å². The van der Waals surface area contributed by atoms with Crippen LogP contribution in [-0.4, -0.2) is 52.3 Å². The summed E-state index contributed by atoms with van der Waals surface area (Å²) in [5.74, 6) is -2.23. The Balaban J connectivity index is 2.10. The van der Waals surface area contributed by atoms with Gasteiger partial charge in [-0.3, -0.25) is 4.79 Å². The Labute approximate surface area is 150 Å². The van der Waals surface area contributed by atoms with Gasteiger partial charge in [0.2, 0.25) is 5.95 Å². The fourth-order valence-corrected chi connectivity index (χ4v) is 2.11. The summed E-state index contributed by atoms with van der Waals surface area (Å²) in [6, 6.07) is 0.927. The molecule has 26 heavy (non-hydrogen) atoms. The van der Waals surface area contributed by atoms with Gasteiger partial charge >= 0.3 is 12.0 Å². The van der Waals surface area contributed by atoms with Crippen LogP contribution in [0.15, 0.2) is 12.1 Å². The number of amides is 3. The van der Waals surface area contributed by atoms with Crippen LogP contribution in [0.3, 0.4) is 0 Å². The molecule has 9 nitrogen and oxygen atoms in total. The monoisotopic (exact) mass is 368 g/mol. The highest BCUT2D eigenvalue weighted by atomic mass is 18.2. The Bertz CT molecular complexity index is 597. The summed E-state index contributed by atoms with van der Waals surface area (Å²) in [5, 5.41) is 23.2. The van der Waals surface area contributed by atoms with Gasteiger partial charge in [0.25, 0.3) is 5.91 Å². The molecule has 0 saturated heterocycles. The summed E-state index contributed by atoms with van der Waals surface area (Å²) in [4.78, 5) is 34.2. The van der Waals surface area contributed by atoms with Crippen LogP contribution in [0.4, 0.5) is 9.18 Å². The molecule has 0 bridgehead atoms. The van der Waals surface area contributed by atoms with E-state index in [0.717, 1.165) is 12.5 Å². The van der Waals surface area contributed by atoms with E-state index in [4.69, 9.17) is 5.11 Å². The average Bonchev–Trinajstić information content (AvgIpc) is 2.60. The maximum atomic E-state index is 12.6. The highest BCUT2D eigenvalue weighted by Crippen LogP contribution is 1.98. The molecule has 0 saturated carbocycles. The third-order valence-electron chi connectivity index (χ3n) is 3.47. The molecule has 4 N–H and O–H groups in total. The van der Waals surface area contributed by atoms with Gasteiger partial charge in [0.15, 0.2) is 5.69 Å². The number of unbranched alkanes of at least 4 members (excludes halogenated alkanes) is 2. The second-order valence-electron chi connectivity index (χ2n) is 5.64. The predicted octanol–water partition coefficient (Wildman–Crippen LogP) is 1.07. The Morgan fingerprint density at radius 3 is 2.38 bits per heavy atom. The van der Waals surface area contributed by atoms with Crippen LogP contribution < -0.4 is 16.0 Å². The highest BCUT2D eigenvalue weighted by Gasteiger charge is 2.18. The number of halogens is 1. The van der Waals surface area contributed by atoms with Crippen LogP contribution in [0.5, 0.6) is 0 Å². The van der Waals surface area contributed by atoms with Crippen LogP contribution in [0.1, 0.15) is 49.5 Å². The van der Waals surface area contributed by atoms with E-state index < -0.39 is 29.9 Å². The van der Waals surface area contributed by atoms with Gasteiger partial charge in [-0.2, -0.15) is 4.39 Å². The smallest absolute Gasteiger partial charge is 0.326 e. The predicted molar refractivity (Wildman–Crippen MR) is 91.0 cm³/mol. The normalized spacial score (nSPS) is 11.5. The molecule has 10 heteroatoms. The third-order valence-corrected chi connectivity index (χ3v) is 3.47. The van der Waals surface area contributed by atoms with Crippen molar-refractivity contribution in [2.45, 2.75) is 45.1 Å². The van der Waals surface area contributed by atoms with Crippen molar-refractivity contribution in [3.63, 3.8) is 0 Å². The van der Waals surface area contributed by atoms with Gasteiger partial charge in [-0.1, -0.05) is 13.3 Å². The molecule has 0 unspecified atom stereocenters. The zero-order chi connectivity index (χ0) is 19.4. The van der Waals surface area contributed by atoms with E-state index in [9.17, 15) is 18.8 Å². The minimum absolute atomic E-state index is 0.0461. The van der Waals surface area contributed by atoms with Gasteiger partial charge in [0.05, 0.1) is 0 Å². The average molecular weight is 368 g/mol. The molecule has 0 aliphatic rings. The molecule has 1 aromatic rings. The number of carboxylic acids is 1. The summed E-state index contributed by atoms with van der Waals surface area (Å²) < 4.78 is 12.6. The lowest BCUT2D eigenvalue weighted by molar-refractivity contribution is -0.139. The first-order valence-electron chi connectivity index (χ1n) is 8.48. The Morgan fingerprint density at radius 2 is 1.81 bits per heavy atom. The number of urea groups is 1. The Hall–Kier alpha value is -2.78. The van der Waals surface area contributed by atoms with E-state index in [-0.39, 0.29) is 5.69 Å². The van der Waals surface area contributed by atoms with Crippen molar-refractivity contribution in [3.05, 3.63) is 23.8 Å². The molecular weight excluding hydrogens is 344 g/mol. The standard InChI is InChI=1S/C16H24FN5O4/c1-2-6-12(15(24)25)20-16(26)19-10-5-3-4-9-18-14(23)11-7-8-13(17)22-21-11/h7-8,12H,2-6,9-10H2,1H3,(H,18,23)(H,24,25)(H2,19,20,26)/t12-/m0/s1/i17-1. The molecule has 1 heterocycles. The lowest BCUT2D eigenvalue weighted by Gasteiger charge is -2.14. The largest absolute Gasteiger partial charge is 0.480 e. The zero-order valence-electron chi connectivity index (χ0n) is 14.6. The molecule has 0 aliphatic carbocycles. The number of carbonyl (C=O) groups excluding carboxylic acids is 2. The van der Waals surface area contributed by atoms with E-state index in [2.05, 4.69) is 26.1 Å². The molecule has 3 amide bonds. The first-order chi connectivity index (χ1) is 12.4. The summed E-state index contributed by atoms with van der Waals surface area (Å²) in [5.41, 5.74) is 0.0461. The van der Waals surface area contributed by atoms with E-state index >= 15 is 0 Å². The molecular formula is C16H24FN5O4. The second kappa shape index (κ2) is 11.7. The van der Waals surface area contributed by atoms with E-state index in [1.807, 2.05) is 6.92 Å². The number of carbonyl (C=O) groups is 3. The molecule has 0 aliphatic heterocycles. The summed E-state index contributed by atoms with van der Waals surface area (Å²) >= 11 is 0. The Kier molecular flexibility index (Phi) is 9.58. The van der Waals surface area contributed by atoms with Crippen LogP contribution in [0.2, 0.25) is 0 Å².